The maximum atomic E-state index is 12.5. The molecular formula is C21H26N2O3. The Balaban J connectivity index is 1.66. The molecule has 1 heterocycles. The molecule has 0 unspecified atom stereocenters. The van der Waals surface area contributed by atoms with Crippen molar-refractivity contribution in [2.45, 2.75) is 57.5 Å². The average molecular weight is 354 g/mol. The number of amides is 1. The second-order valence-electron chi connectivity index (χ2n) is 7.13. The van der Waals surface area contributed by atoms with E-state index in [9.17, 15) is 9.59 Å². The van der Waals surface area contributed by atoms with Gasteiger partial charge in [0.05, 0.1) is 0 Å². The summed E-state index contributed by atoms with van der Waals surface area (Å²) in [5, 5.41) is 2.96. The molecule has 138 valence electrons. The third-order valence-corrected chi connectivity index (χ3v) is 5.04. The van der Waals surface area contributed by atoms with Gasteiger partial charge in [-0.1, -0.05) is 30.3 Å². The van der Waals surface area contributed by atoms with E-state index in [0.29, 0.717) is 17.7 Å². The van der Waals surface area contributed by atoms with Crippen molar-refractivity contribution in [2.24, 2.45) is 5.73 Å². The number of aryl methyl sites for hydroxylation is 3. The Kier molecular flexibility index (Phi) is 5.89. The molecule has 0 radical (unpaired) electrons. The van der Waals surface area contributed by atoms with Crippen LogP contribution < -0.4 is 16.7 Å². The summed E-state index contributed by atoms with van der Waals surface area (Å²) in [6.45, 7) is 1.79. The average Bonchev–Trinajstić information content (AvgIpc) is 2.62. The zero-order valence-corrected chi connectivity index (χ0v) is 15.2. The van der Waals surface area contributed by atoms with Crippen LogP contribution >= 0.6 is 0 Å². The van der Waals surface area contributed by atoms with Gasteiger partial charge in [-0.25, -0.2) is 4.79 Å². The number of rotatable bonds is 5. The van der Waals surface area contributed by atoms with Gasteiger partial charge in [-0.05, 0) is 56.2 Å². The van der Waals surface area contributed by atoms with E-state index in [1.165, 1.54) is 5.56 Å². The van der Waals surface area contributed by atoms with Crippen molar-refractivity contribution < 1.29 is 9.21 Å². The molecule has 2 aromatic rings. The molecule has 0 saturated heterocycles. The minimum absolute atomic E-state index is 0.0823. The van der Waals surface area contributed by atoms with Crippen LogP contribution in [0.15, 0.2) is 45.6 Å². The molecule has 1 aromatic carbocycles. The molecule has 0 spiro atoms. The molecule has 5 nitrogen and oxygen atoms in total. The van der Waals surface area contributed by atoms with E-state index in [0.717, 1.165) is 32.1 Å². The normalized spacial score (nSPS) is 19.9. The predicted octanol–water partition coefficient (Wildman–Crippen LogP) is 2.73. The lowest BCUT2D eigenvalue weighted by atomic mass is 9.91. The van der Waals surface area contributed by atoms with Gasteiger partial charge in [0.15, 0.2) is 0 Å². The van der Waals surface area contributed by atoms with Crippen molar-refractivity contribution in [1.82, 2.24) is 5.32 Å². The van der Waals surface area contributed by atoms with E-state index in [-0.39, 0.29) is 23.6 Å². The Morgan fingerprint density at radius 3 is 2.50 bits per heavy atom. The number of benzene rings is 1. The van der Waals surface area contributed by atoms with E-state index in [2.05, 4.69) is 5.32 Å². The van der Waals surface area contributed by atoms with Crippen molar-refractivity contribution in [3.05, 3.63) is 69.3 Å². The number of hydrogen-bond donors (Lipinski definition) is 2. The molecule has 5 heteroatoms. The highest BCUT2D eigenvalue weighted by molar-refractivity contribution is 5.95. The first-order valence-electron chi connectivity index (χ1n) is 9.27. The molecule has 3 N–H and O–H groups in total. The summed E-state index contributed by atoms with van der Waals surface area (Å²) in [5.41, 5.74) is 7.30. The fraction of sp³-hybridized carbons (Fsp3) is 0.429. The summed E-state index contributed by atoms with van der Waals surface area (Å²) in [6, 6.07) is 12.1. The summed E-state index contributed by atoms with van der Waals surface area (Å²) >= 11 is 0. The molecule has 0 aliphatic heterocycles. The van der Waals surface area contributed by atoms with Crippen LogP contribution in [0.1, 0.15) is 52.9 Å². The lowest BCUT2D eigenvalue weighted by Crippen LogP contribution is -2.42. The Hall–Kier alpha value is -2.40. The SMILES string of the molecule is Cc1cc(CCc2ccccc2)oc(=O)c1C(=O)NC1CCC(N)CC1. The summed E-state index contributed by atoms with van der Waals surface area (Å²) in [5.74, 6) is 0.267. The molecule has 1 fully saturated rings. The zero-order chi connectivity index (χ0) is 18.5. The largest absolute Gasteiger partial charge is 0.427 e. The number of carbonyl (C=O) groups is 1. The standard InChI is InChI=1S/C21H26N2O3/c1-14-13-18(12-7-15-5-3-2-4-6-15)26-21(25)19(14)20(24)23-17-10-8-16(22)9-11-17/h2-6,13,16-17H,7-12,22H2,1H3,(H,23,24). The molecule has 1 amide bonds. The lowest BCUT2D eigenvalue weighted by Gasteiger charge is -2.26. The fourth-order valence-electron chi connectivity index (χ4n) is 3.50. The van der Waals surface area contributed by atoms with Gasteiger partial charge in [0.25, 0.3) is 5.91 Å². The molecular weight excluding hydrogens is 328 g/mol. The molecule has 0 atom stereocenters. The van der Waals surface area contributed by atoms with Gasteiger partial charge >= 0.3 is 5.63 Å². The number of nitrogens with one attached hydrogen (secondary N) is 1. The Labute approximate surface area is 153 Å². The minimum atomic E-state index is -0.557. The summed E-state index contributed by atoms with van der Waals surface area (Å²) in [6.07, 6.45) is 4.92. The molecule has 1 aromatic heterocycles. The van der Waals surface area contributed by atoms with Crippen molar-refractivity contribution in [1.29, 1.82) is 0 Å². The van der Waals surface area contributed by atoms with Gasteiger partial charge in [0, 0.05) is 18.5 Å². The zero-order valence-electron chi connectivity index (χ0n) is 15.2. The maximum Gasteiger partial charge on any atom is 0.349 e. The topological polar surface area (TPSA) is 85.3 Å². The smallest absolute Gasteiger partial charge is 0.349 e. The highest BCUT2D eigenvalue weighted by Gasteiger charge is 2.23. The quantitative estimate of drug-likeness (QED) is 0.864. The second kappa shape index (κ2) is 8.32. The van der Waals surface area contributed by atoms with Crippen LogP contribution in [0.4, 0.5) is 0 Å². The van der Waals surface area contributed by atoms with Crippen LogP contribution in [0.3, 0.4) is 0 Å². The molecule has 1 aliphatic carbocycles. The first-order chi connectivity index (χ1) is 12.5. The Bertz CT molecular complexity index is 806. The third kappa shape index (κ3) is 4.61. The molecule has 1 aliphatic rings. The predicted molar refractivity (Wildman–Crippen MR) is 101 cm³/mol. The lowest BCUT2D eigenvalue weighted by molar-refractivity contribution is 0.0920. The molecule has 26 heavy (non-hydrogen) atoms. The van der Waals surface area contributed by atoms with Gasteiger partial charge in [-0.15, -0.1) is 0 Å². The monoisotopic (exact) mass is 354 g/mol. The van der Waals surface area contributed by atoms with Gasteiger partial charge in [-0.2, -0.15) is 0 Å². The van der Waals surface area contributed by atoms with Crippen LogP contribution in [-0.2, 0) is 12.8 Å². The minimum Gasteiger partial charge on any atom is -0.427 e. The van der Waals surface area contributed by atoms with Crippen LogP contribution in [0.5, 0.6) is 0 Å². The second-order valence-corrected chi connectivity index (χ2v) is 7.13. The van der Waals surface area contributed by atoms with Crippen molar-refractivity contribution in [3.63, 3.8) is 0 Å². The maximum absolute atomic E-state index is 12.5. The van der Waals surface area contributed by atoms with E-state index >= 15 is 0 Å². The summed E-state index contributed by atoms with van der Waals surface area (Å²) < 4.78 is 5.40. The van der Waals surface area contributed by atoms with E-state index in [4.69, 9.17) is 10.2 Å². The van der Waals surface area contributed by atoms with E-state index < -0.39 is 5.63 Å². The Morgan fingerprint density at radius 1 is 1.15 bits per heavy atom. The van der Waals surface area contributed by atoms with Gasteiger partial charge < -0.3 is 15.5 Å². The first kappa shape index (κ1) is 18.4. The molecule has 1 saturated carbocycles. The third-order valence-electron chi connectivity index (χ3n) is 5.04. The van der Waals surface area contributed by atoms with E-state index in [1.54, 1.807) is 13.0 Å². The van der Waals surface area contributed by atoms with Gasteiger partial charge in [0.1, 0.15) is 11.3 Å². The summed E-state index contributed by atoms with van der Waals surface area (Å²) in [7, 11) is 0. The van der Waals surface area contributed by atoms with Crippen LogP contribution in [0, 0.1) is 6.92 Å². The van der Waals surface area contributed by atoms with Crippen molar-refractivity contribution >= 4 is 5.91 Å². The van der Waals surface area contributed by atoms with Gasteiger partial charge in [0.2, 0.25) is 0 Å². The highest BCUT2D eigenvalue weighted by Crippen LogP contribution is 2.18. The Morgan fingerprint density at radius 2 is 1.85 bits per heavy atom. The van der Waals surface area contributed by atoms with Gasteiger partial charge in [-0.3, -0.25) is 4.79 Å². The van der Waals surface area contributed by atoms with Crippen molar-refractivity contribution in [2.75, 3.05) is 0 Å². The van der Waals surface area contributed by atoms with E-state index in [1.807, 2.05) is 30.3 Å². The summed E-state index contributed by atoms with van der Waals surface area (Å²) in [4.78, 5) is 24.9. The number of hydrogen-bond acceptors (Lipinski definition) is 4. The number of nitrogens with two attached hydrogens (primary N) is 1. The highest BCUT2D eigenvalue weighted by atomic mass is 16.4. The molecule has 0 bridgehead atoms. The van der Waals surface area contributed by atoms with Crippen molar-refractivity contribution in [3.8, 4) is 0 Å². The number of carbonyl (C=O) groups excluding carboxylic acids is 1. The van der Waals surface area contributed by atoms with Crippen LogP contribution in [0.2, 0.25) is 0 Å². The molecule has 3 rings (SSSR count). The first-order valence-corrected chi connectivity index (χ1v) is 9.27. The van der Waals surface area contributed by atoms with Crippen LogP contribution in [0.25, 0.3) is 0 Å². The fourth-order valence-corrected chi connectivity index (χ4v) is 3.50. The van der Waals surface area contributed by atoms with Crippen LogP contribution in [-0.4, -0.2) is 18.0 Å².